The number of hydrogen-bond donors (Lipinski definition) is 1. The van der Waals surface area contributed by atoms with Gasteiger partial charge in [0.25, 0.3) is 5.91 Å². The van der Waals surface area contributed by atoms with Crippen LogP contribution < -0.4 is 5.32 Å². The van der Waals surface area contributed by atoms with Crippen molar-refractivity contribution in [1.29, 1.82) is 0 Å². The second-order valence-corrected chi connectivity index (χ2v) is 5.67. The molecule has 1 N–H and O–H groups in total. The van der Waals surface area contributed by atoms with Crippen molar-refractivity contribution in [2.24, 2.45) is 0 Å². The van der Waals surface area contributed by atoms with Crippen LogP contribution in [-0.4, -0.2) is 16.1 Å². The number of halogens is 2. The van der Waals surface area contributed by atoms with E-state index < -0.39 is 17.5 Å². The molecule has 0 spiro atoms. The van der Waals surface area contributed by atoms with Crippen molar-refractivity contribution < 1.29 is 18.0 Å². The highest BCUT2D eigenvalue weighted by Crippen LogP contribution is 2.16. The van der Waals surface area contributed by atoms with Crippen molar-refractivity contribution in [2.75, 3.05) is 5.32 Å². The van der Waals surface area contributed by atoms with Crippen LogP contribution in [-0.2, 0) is 6.42 Å². The molecule has 0 bridgehead atoms. The summed E-state index contributed by atoms with van der Waals surface area (Å²) in [5.74, 6) is -2.20. The average molecular weight is 343 g/mol. The molecular formula is C18H15F2N3O2. The fraction of sp³-hybridized carbons (Fsp3) is 0.167. The Morgan fingerprint density at radius 1 is 1.08 bits per heavy atom. The normalized spacial score (nSPS) is 10.7. The molecule has 25 heavy (non-hydrogen) atoms. The molecule has 0 saturated heterocycles. The second kappa shape index (κ2) is 6.80. The van der Waals surface area contributed by atoms with Crippen LogP contribution in [0.15, 0.2) is 40.8 Å². The maximum Gasteiger partial charge on any atom is 0.322 e. The number of aromatic nitrogens is 2. The third-order valence-corrected chi connectivity index (χ3v) is 3.79. The van der Waals surface area contributed by atoms with E-state index >= 15 is 0 Å². The van der Waals surface area contributed by atoms with Crippen LogP contribution in [0.4, 0.5) is 14.8 Å². The van der Waals surface area contributed by atoms with E-state index in [1.807, 2.05) is 32.0 Å². The average Bonchev–Trinajstić information content (AvgIpc) is 2.97. The lowest BCUT2D eigenvalue weighted by molar-refractivity contribution is 0.102. The molecule has 3 aromatic rings. The van der Waals surface area contributed by atoms with Gasteiger partial charge in [-0.3, -0.25) is 10.1 Å². The van der Waals surface area contributed by atoms with Gasteiger partial charge in [-0.25, -0.2) is 8.78 Å². The first-order valence-corrected chi connectivity index (χ1v) is 7.57. The van der Waals surface area contributed by atoms with Crippen molar-refractivity contribution >= 4 is 11.9 Å². The Hall–Kier alpha value is -3.09. The van der Waals surface area contributed by atoms with Crippen molar-refractivity contribution in [3.8, 4) is 0 Å². The lowest BCUT2D eigenvalue weighted by Crippen LogP contribution is -2.14. The molecular weight excluding hydrogens is 328 g/mol. The fourth-order valence-electron chi connectivity index (χ4n) is 2.30. The van der Waals surface area contributed by atoms with Gasteiger partial charge in [0.2, 0.25) is 5.89 Å². The number of amides is 1. The quantitative estimate of drug-likeness (QED) is 0.782. The van der Waals surface area contributed by atoms with Gasteiger partial charge in [-0.2, -0.15) is 0 Å². The van der Waals surface area contributed by atoms with E-state index in [2.05, 4.69) is 15.5 Å². The minimum Gasteiger partial charge on any atom is -0.407 e. The van der Waals surface area contributed by atoms with E-state index in [0.717, 1.165) is 23.3 Å². The molecule has 1 heterocycles. The van der Waals surface area contributed by atoms with E-state index in [-0.39, 0.29) is 11.6 Å². The Morgan fingerprint density at radius 3 is 2.60 bits per heavy atom. The van der Waals surface area contributed by atoms with Crippen LogP contribution in [0.1, 0.15) is 32.9 Å². The molecule has 7 heteroatoms. The molecule has 0 unspecified atom stereocenters. The zero-order valence-corrected chi connectivity index (χ0v) is 13.6. The Balaban J connectivity index is 1.70. The molecule has 1 amide bonds. The number of carbonyl (C=O) groups is 1. The van der Waals surface area contributed by atoms with E-state index in [4.69, 9.17) is 4.42 Å². The number of nitrogens with one attached hydrogen (secondary N) is 1. The standard InChI is InChI=1S/C18H15F2N3O2/c1-10-3-4-12(7-11(10)2)8-16-22-23-18(25-16)21-17(24)14-6-5-13(19)9-15(14)20/h3-7,9H,8H2,1-2H3,(H,21,23,24). The van der Waals surface area contributed by atoms with E-state index in [1.54, 1.807) is 0 Å². The van der Waals surface area contributed by atoms with Crippen molar-refractivity contribution in [2.45, 2.75) is 20.3 Å². The van der Waals surface area contributed by atoms with Crippen molar-refractivity contribution in [3.05, 3.63) is 76.2 Å². The topological polar surface area (TPSA) is 68.0 Å². The molecule has 2 aromatic carbocycles. The van der Waals surface area contributed by atoms with Crippen molar-refractivity contribution in [3.63, 3.8) is 0 Å². The molecule has 0 fully saturated rings. The minimum absolute atomic E-state index is 0.146. The van der Waals surface area contributed by atoms with E-state index in [1.165, 1.54) is 5.56 Å². The maximum absolute atomic E-state index is 13.6. The number of rotatable bonds is 4. The van der Waals surface area contributed by atoms with Gasteiger partial charge < -0.3 is 4.42 Å². The van der Waals surface area contributed by atoms with Gasteiger partial charge >= 0.3 is 6.01 Å². The molecule has 3 rings (SSSR count). The Bertz CT molecular complexity index is 938. The SMILES string of the molecule is Cc1ccc(Cc2nnc(NC(=O)c3ccc(F)cc3F)o2)cc1C. The van der Waals surface area contributed by atoms with Crippen LogP contribution >= 0.6 is 0 Å². The van der Waals surface area contributed by atoms with Crippen molar-refractivity contribution in [1.82, 2.24) is 10.2 Å². The largest absolute Gasteiger partial charge is 0.407 e. The minimum atomic E-state index is -0.965. The zero-order chi connectivity index (χ0) is 18.0. The van der Waals surface area contributed by atoms with Gasteiger partial charge in [-0.05, 0) is 42.7 Å². The Kier molecular flexibility index (Phi) is 4.56. The summed E-state index contributed by atoms with van der Waals surface area (Å²) in [6.07, 6.45) is 0.412. The summed E-state index contributed by atoms with van der Waals surface area (Å²) in [7, 11) is 0. The number of carbonyl (C=O) groups excluding carboxylic acids is 1. The summed E-state index contributed by atoms with van der Waals surface area (Å²) in [6.45, 7) is 4.03. The predicted molar refractivity (Wildman–Crippen MR) is 87.3 cm³/mol. The number of benzene rings is 2. The van der Waals surface area contributed by atoms with Crippen LogP contribution in [0, 0.1) is 25.5 Å². The van der Waals surface area contributed by atoms with Gasteiger partial charge in [0.05, 0.1) is 12.0 Å². The van der Waals surface area contributed by atoms with E-state index in [9.17, 15) is 13.6 Å². The Morgan fingerprint density at radius 2 is 1.88 bits per heavy atom. The lowest BCUT2D eigenvalue weighted by Gasteiger charge is -2.03. The van der Waals surface area contributed by atoms with Crippen LogP contribution in [0.2, 0.25) is 0 Å². The molecule has 128 valence electrons. The van der Waals surface area contributed by atoms with Gasteiger partial charge in [-0.15, -0.1) is 5.10 Å². The van der Waals surface area contributed by atoms with Gasteiger partial charge in [-0.1, -0.05) is 23.3 Å². The monoisotopic (exact) mass is 343 g/mol. The van der Waals surface area contributed by atoms with Gasteiger partial charge in [0.1, 0.15) is 11.6 Å². The number of nitrogens with zero attached hydrogens (tertiary/aromatic N) is 2. The summed E-state index contributed by atoms with van der Waals surface area (Å²) in [6, 6.07) is 8.51. The number of hydrogen-bond acceptors (Lipinski definition) is 4. The van der Waals surface area contributed by atoms with Gasteiger partial charge in [0, 0.05) is 6.07 Å². The summed E-state index contributed by atoms with van der Waals surface area (Å²) < 4.78 is 31.9. The molecule has 0 atom stereocenters. The summed E-state index contributed by atoms with van der Waals surface area (Å²) in [5, 5.41) is 9.89. The smallest absolute Gasteiger partial charge is 0.322 e. The Labute approximate surface area is 142 Å². The predicted octanol–water partition coefficient (Wildman–Crippen LogP) is 3.81. The van der Waals surface area contributed by atoms with Crippen LogP contribution in [0.25, 0.3) is 0 Å². The molecule has 1 aromatic heterocycles. The molecule has 0 radical (unpaired) electrons. The highest BCUT2D eigenvalue weighted by atomic mass is 19.1. The second-order valence-electron chi connectivity index (χ2n) is 5.67. The number of aryl methyl sites for hydroxylation is 2. The van der Waals surface area contributed by atoms with Crippen LogP contribution in [0.5, 0.6) is 0 Å². The lowest BCUT2D eigenvalue weighted by atomic mass is 10.0. The van der Waals surface area contributed by atoms with Crippen LogP contribution in [0.3, 0.4) is 0 Å². The fourth-order valence-corrected chi connectivity index (χ4v) is 2.30. The highest BCUT2D eigenvalue weighted by molar-refractivity contribution is 6.03. The molecule has 0 aliphatic rings. The molecule has 5 nitrogen and oxygen atoms in total. The maximum atomic E-state index is 13.6. The first-order valence-electron chi connectivity index (χ1n) is 7.57. The zero-order valence-electron chi connectivity index (χ0n) is 13.6. The highest BCUT2D eigenvalue weighted by Gasteiger charge is 2.16. The van der Waals surface area contributed by atoms with Gasteiger partial charge in [0.15, 0.2) is 0 Å². The first kappa shape index (κ1) is 16.8. The summed E-state index contributed by atoms with van der Waals surface area (Å²) in [5.41, 5.74) is 3.02. The number of anilines is 1. The third-order valence-electron chi connectivity index (χ3n) is 3.79. The third kappa shape index (κ3) is 3.88. The molecule has 0 aliphatic heterocycles. The summed E-state index contributed by atoms with van der Waals surface area (Å²) >= 11 is 0. The van der Waals surface area contributed by atoms with E-state index in [0.29, 0.717) is 18.4 Å². The molecule has 0 aliphatic carbocycles. The first-order chi connectivity index (χ1) is 11.9. The molecule has 0 saturated carbocycles. The summed E-state index contributed by atoms with van der Waals surface area (Å²) in [4.78, 5) is 12.0.